The van der Waals surface area contributed by atoms with Gasteiger partial charge in [-0.1, -0.05) is 30.0 Å². The Bertz CT molecular complexity index is 789. The molecule has 2 atom stereocenters. The van der Waals surface area contributed by atoms with Gasteiger partial charge >= 0.3 is 5.97 Å². The van der Waals surface area contributed by atoms with Crippen molar-refractivity contribution in [1.82, 2.24) is 10.2 Å². The predicted molar refractivity (Wildman–Crippen MR) is 105 cm³/mol. The van der Waals surface area contributed by atoms with E-state index >= 15 is 0 Å². The monoisotopic (exact) mass is 411 g/mol. The van der Waals surface area contributed by atoms with E-state index in [2.05, 4.69) is 22.4 Å². The summed E-state index contributed by atoms with van der Waals surface area (Å²) in [6, 6.07) is 0. The molecule has 2 heterocycles. The first kappa shape index (κ1) is 19.3. The number of fused-ring (bicyclic) bond motifs is 1. The second-order valence-corrected chi connectivity index (χ2v) is 9.76. The number of hydrogen-bond donors (Lipinski definition) is 1. The molecule has 9 heteroatoms. The lowest BCUT2D eigenvalue weighted by molar-refractivity contribution is -0.115. The minimum absolute atomic E-state index is 0.151. The second-order valence-electron chi connectivity index (χ2n) is 6.23. The fraction of sp³-hybridized carbons (Fsp3) is 0.529. The van der Waals surface area contributed by atoms with E-state index in [0.29, 0.717) is 23.1 Å². The molecule has 26 heavy (non-hydrogen) atoms. The van der Waals surface area contributed by atoms with Gasteiger partial charge in [0.25, 0.3) is 0 Å². The largest absolute Gasteiger partial charge is 0.462 e. The number of hydrogen-bond acceptors (Lipinski definition) is 8. The molecule has 0 saturated carbocycles. The first-order valence-corrected chi connectivity index (χ1v) is 11.1. The molecule has 0 aliphatic heterocycles. The standard InChI is InChI=1S/C17H21N3O3S3/c1-4-23-16(22)13-11-6-5-9(2)7-12(11)26-15(13)19-14(21)10(3)25-17-20-18-8-24-17/h8-10H,4-7H2,1-3H3,(H,19,21)/t9-,10+/m1/s1. The van der Waals surface area contributed by atoms with Crippen molar-refractivity contribution in [2.24, 2.45) is 5.92 Å². The predicted octanol–water partition coefficient (Wildman–Crippen LogP) is 4.02. The molecule has 6 nitrogen and oxygen atoms in total. The lowest BCUT2D eigenvalue weighted by Gasteiger charge is -2.18. The number of carbonyl (C=O) groups is 2. The van der Waals surface area contributed by atoms with Crippen LogP contribution < -0.4 is 5.32 Å². The normalized spacial score (nSPS) is 17.4. The van der Waals surface area contributed by atoms with Crippen LogP contribution in [0.2, 0.25) is 0 Å². The van der Waals surface area contributed by atoms with Gasteiger partial charge in [0.15, 0.2) is 4.34 Å². The summed E-state index contributed by atoms with van der Waals surface area (Å²) in [6.07, 6.45) is 2.84. The Balaban J connectivity index is 1.81. The first-order chi connectivity index (χ1) is 12.5. The van der Waals surface area contributed by atoms with E-state index < -0.39 is 0 Å². The summed E-state index contributed by atoms with van der Waals surface area (Å²) in [5, 5.41) is 11.0. The Hall–Kier alpha value is -1.45. The van der Waals surface area contributed by atoms with E-state index in [4.69, 9.17) is 4.74 Å². The van der Waals surface area contributed by atoms with Crippen molar-refractivity contribution in [1.29, 1.82) is 0 Å². The number of nitrogens with zero attached hydrogens (tertiary/aromatic N) is 2. The number of thiophene rings is 1. The van der Waals surface area contributed by atoms with Crippen molar-refractivity contribution >= 4 is 51.3 Å². The van der Waals surface area contributed by atoms with E-state index in [0.717, 1.165) is 29.2 Å². The number of aromatic nitrogens is 2. The number of esters is 1. The zero-order chi connectivity index (χ0) is 18.7. The van der Waals surface area contributed by atoms with Crippen molar-refractivity contribution in [3.05, 3.63) is 21.5 Å². The lowest BCUT2D eigenvalue weighted by atomic mass is 9.88. The van der Waals surface area contributed by atoms with E-state index in [1.807, 2.05) is 6.92 Å². The van der Waals surface area contributed by atoms with Crippen LogP contribution in [-0.2, 0) is 22.4 Å². The molecule has 1 aliphatic carbocycles. The van der Waals surface area contributed by atoms with Crippen molar-refractivity contribution < 1.29 is 14.3 Å². The number of carbonyl (C=O) groups excluding carboxylic acids is 2. The van der Waals surface area contributed by atoms with Gasteiger partial charge < -0.3 is 10.1 Å². The zero-order valence-corrected chi connectivity index (χ0v) is 17.4. The molecule has 0 fully saturated rings. The van der Waals surface area contributed by atoms with Crippen LogP contribution in [0.4, 0.5) is 5.00 Å². The molecule has 1 amide bonds. The maximum absolute atomic E-state index is 12.6. The Morgan fingerprint density at radius 3 is 3.00 bits per heavy atom. The Morgan fingerprint density at radius 1 is 1.50 bits per heavy atom. The van der Waals surface area contributed by atoms with Gasteiger partial charge in [-0.15, -0.1) is 21.5 Å². The topological polar surface area (TPSA) is 81.2 Å². The Kier molecular flexibility index (Phi) is 6.31. The highest BCUT2D eigenvalue weighted by Crippen LogP contribution is 2.40. The van der Waals surface area contributed by atoms with Crippen LogP contribution in [0.15, 0.2) is 9.85 Å². The third-order valence-corrected chi connectivity index (χ3v) is 7.30. The van der Waals surface area contributed by atoms with Gasteiger partial charge in [0.2, 0.25) is 5.91 Å². The molecular formula is C17H21N3O3S3. The smallest absolute Gasteiger partial charge is 0.341 e. The molecule has 140 valence electrons. The third-order valence-electron chi connectivity index (χ3n) is 4.21. The fourth-order valence-corrected chi connectivity index (χ4v) is 5.92. The molecule has 0 radical (unpaired) electrons. The molecular weight excluding hydrogens is 390 g/mol. The van der Waals surface area contributed by atoms with Crippen molar-refractivity contribution in [3.8, 4) is 0 Å². The molecule has 0 aromatic carbocycles. The fourth-order valence-electron chi connectivity index (χ4n) is 2.89. The summed E-state index contributed by atoms with van der Waals surface area (Å²) in [5.41, 5.74) is 3.23. The van der Waals surface area contributed by atoms with Crippen LogP contribution >= 0.6 is 34.4 Å². The van der Waals surface area contributed by atoms with Gasteiger partial charge in [0, 0.05) is 4.88 Å². The number of amides is 1. The number of anilines is 1. The van der Waals surface area contributed by atoms with Crippen LogP contribution in [0, 0.1) is 5.92 Å². The van der Waals surface area contributed by atoms with E-state index in [1.54, 1.807) is 12.4 Å². The number of rotatable bonds is 6. The highest BCUT2D eigenvalue weighted by atomic mass is 32.2. The van der Waals surface area contributed by atoms with E-state index in [-0.39, 0.29) is 17.1 Å². The highest BCUT2D eigenvalue weighted by Gasteiger charge is 2.30. The molecule has 0 saturated heterocycles. The van der Waals surface area contributed by atoms with Crippen LogP contribution in [0.5, 0.6) is 0 Å². The van der Waals surface area contributed by atoms with Gasteiger partial charge in [-0.2, -0.15) is 0 Å². The van der Waals surface area contributed by atoms with Gasteiger partial charge in [-0.25, -0.2) is 4.79 Å². The van der Waals surface area contributed by atoms with Crippen molar-refractivity contribution in [3.63, 3.8) is 0 Å². The third kappa shape index (κ3) is 4.27. The van der Waals surface area contributed by atoms with Crippen LogP contribution in [0.25, 0.3) is 0 Å². The summed E-state index contributed by atoms with van der Waals surface area (Å²) >= 11 is 4.27. The lowest BCUT2D eigenvalue weighted by Crippen LogP contribution is -2.23. The Morgan fingerprint density at radius 2 is 2.31 bits per heavy atom. The molecule has 2 aromatic rings. The average Bonchev–Trinajstić information content (AvgIpc) is 3.21. The number of nitrogens with one attached hydrogen (secondary N) is 1. The highest BCUT2D eigenvalue weighted by molar-refractivity contribution is 8.02. The van der Waals surface area contributed by atoms with E-state index in [1.165, 1.54) is 39.3 Å². The van der Waals surface area contributed by atoms with Gasteiger partial charge in [0.05, 0.1) is 17.4 Å². The van der Waals surface area contributed by atoms with Crippen molar-refractivity contribution in [2.45, 2.75) is 49.6 Å². The zero-order valence-electron chi connectivity index (χ0n) is 14.9. The minimum atomic E-state index is -0.348. The molecule has 1 aliphatic rings. The average molecular weight is 412 g/mol. The second kappa shape index (κ2) is 8.49. The van der Waals surface area contributed by atoms with E-state index in [9.17, 15) is 9.59 Å². The molecule has 0 bridgehead atoms. The van der Waals surface area contributed by atoms with Crippen LogP contribution in [0.1, 0.15) is 48.0 Å². The maximum atomic E-state index is 12.6. The summed E-state index contributed by atoms with van der Waals surface area (Å²) in [6.45, 7) is 6.14. The quantitative estimate of drug-likeness (QED) is 0.571. The SMILES string of the molecule is CCOC(=O)c1c(NC(=O)[C@H](C)Sc2nncs2)sc2c1CC[C@@H](C)C2. The molecule has 3 rings (SSSR count). The van der Waals surface area contributed by atoms with Crippen LogP contribution in [-0.4, -0.2) is 33.9 Å². The van der Waals surface area contributed by atoms with Gasteiger partial charge in [0.1, 0.15) is 10.5 Å². The maximum Gasteiger partial charge on any atom is 0.341 e. The molecule has 0 spiro atoms. The Labute approximate surface area is 164 Å². The van der Waals surface area contributed by atoms with Gasteiger partial charge in [-0.05, 0) is 44.6 Å². The summed E-state index contributed by atoms with van der Waals surface area (Å²) in [4.78, 5) is 26.3. The van der Waals surface area contributed by atoms with Crippen LogP contribution in [0.3, 0.4) is 0 Å². The minimum Gasteiger partial charge on any atom is -0.462 e. The summed E-state index contributed by atoms with van der Waals surface area (Å²) in [7, 11) is 0. The summed E-state index contributed by atoms with van der Waals surface area (Å²) in [5.74, 6) is 0.0910. The molecule has 2 aromatic heterocycles. The number of thioether (sulfide) groups is 1. The number of ether oxygens (including phenoxy) is 1. The molecule has 1 N–H and O–H groups in total. The van der Waals surface area contributed by atoms with Gasteiger partial charge in [-0.3, -0.25) is 4.79 Å². The summed E-state index contributed by atoms with van der Waals surface area (Å²) < 4.78 is 5.99. The molecule has 0 unspecified atom stereocenters. The van der Waals surface area contributed by atoms with Crippen molar-refractivity contribution in [2.75, 3.05) is 11.9 Å². The first-order valence-electron chi connectivity index (χ1n) is 8.54.